The van der Waals surface area contributed by atoms with E-state index in [9.17, 15) is 8.42 Å². The van der Waals surface area contributed by atoms with E-state index < -0.39 is 16.0 Å². The van der Waals surface area contributed by atoms with Gasteiger partial charge in [-0.15, -0.1) is 0 Å². The largest absolute Gasteiger partial charge is 0.489 e. The minimum absolute atomic E-state index is 0.0215. The molecule has 1 aromatic carbocycles. The van der Waals surface area contributed by atoms with Crippen LogP contribution in [0, 0.1) is 6.92 Å². The molecule has 174 valence electrons. The summed E-state index contributed by atoms with van der Waals surface area (Å²) in [6, 6.07) is 3.42. The van der Waals surface area contributed by atoms with E-state index in [-0.39, 0.29) is 23.5 Å². The van der Waals surface area contributed by atoms with E-state index in [1.54, 1.807) is 4.68 Å². The van der Waals surface area contributed by atoms with Gasteiger partial charge in [-0.05, 0) is 13.3 Å². The number of halogens is 1. The van der Waals surface area contributed by atoms with E-state index in [1.807, 2.05) is 23.6 Å². The van der Waals surface area contributed by atoms with Crippen LogP contribution in [0.3, 0.4) is 0 Å². The standard InChI is InChI=1S/C20H22ClN7O4S/c1-10-16(17(21)28(26-10)11-3-6-33(29,30)9-11)18-24-19(22)25-20-23-12-7-14-15(8-13(12)27(18)20)32-5-2-4-31-14/h7-8,11,18H,2-6,9H2,1H3,(H3,22,23,24,25). The number of hydrogen-bond acceptors (Lipinski definition) is 9. The lowest BCUT2D eigenvalue weighted by Crippen LogP contribution is -2.31. The number of nitrogens with one attached hydrogen (secondary N) is 1. The molecule has 2 atom stereocenters. The molecule has 5 heterocycles. The molecule has 3 N–H and O–H groups in total. The van der Waals surface area contributed by atoms with Crippen molar-refractivity contribution in [2.24, 2.45) is 10.7 Å². The Balaban J connectivity index is 1.50. The maximum absolute atomic E-state index is 12.0. The van der Waals surface area contributed by atoms with Gasteiger partial charge in [-0.3, -0.25) is 9.88 Å². The average Bonchev–Trinajstić information content (AvgIpc) is 3.31. The molecule has 2 aromatic heterocycles. The van der Waals surface area contributed by atoms with Gasteiger partial charge in [-0.2, -0.15) is 5.10 Å². The number of ether oxygens (including phenoxy) is 2. The van der Waals surface area contributed by atoms with Crippen LogP contribution in [0.25, 0.3) is 11.0 Å². The van der Waals surface area contributed by atoms with Crippen LogP contribution in [0.5, 0.6) is 11.5 Å². The first-order valence-corrected chi connectivity index (χ1v) is 12.9. The maximum Gasteiger partial charge on any atom is 0.212 e. The van der Waals surface area contributed by atoms with Gasteiger partial charge in [-0.1, -0.05) is 11.6 Å². The average molecular weight is 492 g/mol. The molecular formula is C20H22ClN7O4S. The number of sulfone groups is 1. The van der Waals surface area contributed by atoms with Crippen molar-refractivity contribution in [3.63, 3.8) is 0 Å². The predicted molar refractivity (Wildman–Crippen MR) is 123 cm³/mol. The van der Waals surface area contributed by atoms with Gasteiger partial charge in [0.05, 0.1) is 53.1 Å². The smallest absolute Gasteiger partial charge is 0.212 e. The third kappa shape index (κ3) is 3.31. The van der Waals surface area contributed by atoms with Crippen molar-refractivity contribution in [1.82, 2.24) is 19.3 Å². The quantitative estimate of drug-likeness (QED) is 0.555. The van der Waals surface area contributed by atoms with Gasteiger partial charge in [0.15, 0.2) is 33.5 Å². The lowest BCUT2D eigenvalue weighted by molar-refractivity contribution is 0.297. The summed E-state index contributed by atoms with van der Waals surface area (Å²) in [6.07, 6.45) is 0.645. The molecule has 1 fully saturated rings. The second-order valence-electron chi connectivity index (χ2n) is 8.45. The third-order valence-corrected chi connectivity index (χ3v) is 8.32. The number of anilines is 1. The summed E-state index contributed by atoms with van der Waals surface area (Å²) >= 11 is 6.80. The molecule has 1 saturated heterocycles. The second-order valence-corrected chi connectivity index (χ2v) is 11.0. The summed E-state index contributed by atoms with van der Waals surface area (Å²) in [7, 11) is -3.10. The highest BCUT2D eigenvalue weighted by atomic mass is 35.5. The van der Waals surface area contributed by atoms with Gasteiger partial charge in [0.2, 0.25) is 5.95 Å². The van der Waals surface area contributed by atoms with Crippen molar-refractivity contribution < 1.29 is 17.9 Å². The zero-order valence-electron chi connectivity index (χ0n) is 17.8. The van der Waals surface area contributed by atoms with Crippen LogP contribution in [0.15, 0.2) is 17.1 Å². The highest BCUT2D eigenvalue weighted by molar-refractivity contribution is 7.91. The summed E-state index contributed by atoms with van der Waals surface area (Å²) in [5.74, 6) is 2.14. The molecule has 0 spiro atoms. The number of guanidine groups is 1. The van der Waals surface area contributed by atoms with E-state index >= 15 is 0 Å². The van der Waals surface area contributed by atoms with Gasteiger partial charge in [-0.25, -0.2) is 23.1 Å². The summed E-state index contributed by atoms with van der Waals surface area (Å²) in [4.78, 5) is 9.30. The summed E-state index contributed by atoms with van der Waals surface area (Å²) in [6.45, 7) is 2.97. The summed E-state index contributed by atoms with van der Waals surface area (Å²) < 4.78 is 39.2. The van der Waals surface area contributed by atoms with Gasteiger partial charge < -0.3 is 15.2 Å². The van der Waals surface area contributed by atoms with Crippen molar-refractivity contribution in [3.05, 3.63) is 28.5 Å². The van der Waals surface area contributed by atoms with Crippen LogP contribution in [0.4, 0.5) is 5.95 Å². The first kappa shape index (κ1) is 20.6. The number of hydrogen-bond donors (Lipinski definition) is 2. The third-order valence-electron chi connectivity index (χ3n) is 6.19. The van der Waals surface area contributed by atoms with E-state index in [4.69, 9.17) is 26.8 Å². The van der Waals surface area contributed by atoms with Crippen molar-refractivity contribution in [2.75, 3.05) is 30.0 Å². The van der Waals surface area contributed by atoms with Crippen LogP contribution < -0.4 is 20.5 Å². The van der Waals surface area contributed by atoms with Gasteiger partial charge in [0.1, 0.15) is 5.15 Å². The van der Waals surface area contributed by atoms with Gasteiger partial charge in [0, 0.05) is 18.6 Å². The number of rotatable bonds is 2. The number of aryl methyl sites for hydroxylation is 1. The van der Waals surface area contributed by atoms with Crippen LogP contribution in [-0.4, -0.2) is 58.4 Å². The van der Waals surface area contributed by atoms with E-state index in [1.165, 1.54) is 0 Å². The normalized spacial score (nSPS) is 23.6. The Labute approximate surface area is 194 Å². The number of benzene rings is 1. The fourth-order valence-electron chi connectivity index (χ4n) is 4.65. The number of fused-ring (bicyclic) bond motifs is 4. The molecule has 11 nitrogen and oxygen atoms in total. The fourth-order valence-corrected chi connectivity index (χ4v) is 6.76. The minimum Gasteiger partial charge on any atom is -0.489 e. The molecule has 3 aliphatic rings. The molecule has 0 aliphatic carbocycles. The first-order chi connectivity index (χ1) is 15.8. The van der Waals surface area contributed by atoms with Crippen LogP contribution in [0.2, 0.25) is 5.15 Å². The van der Waals surface area contributed by atoms with Gasteiger partial charge in [0.25, 0.3) is 0 Å². The number of imidazole rings is 1. The Morgan fingerprint density at radius 2 is 2.00 bits per heavy atom. The lowest BCUT2D eigenvalue weighted by Gasteiger charge is -2.24. The molecule has 6 rings (SSSR count). The number of aromatic nitrogens is 4. The Morgan fingerprint density at radius 1 is 1.24 bits per heavy atom. The van der Waals surface area contributed by atoms with Crippen molar-refractivity contribution in [1.29, 1.82) is 0 Å². The zero-order chi connectivity index (χ0) is 22.9. The minimum atomic E-state index is -3.10. The van der Waals surface area contributed by atoms with Crippen LogP contribution >= 0.6 is 11.6 Å². The zero-order valence-corrected chi connectivity index (χ0v) is 19.4. The van der Waals surface area contributed by atoms with Gasteiger partial charge >= 0.3 is 0 Å². The number of nitrogens with zero attached hydrogens (tertiary/aromatic N) is 5. The maximum atomic E-state index is 12.0. The molecule has 3 aromatic rings. The Hall–Kier alpha value is -2.99. The Kier molecular flexibility index (Phi) is 4.53. The van der Waals surface area contributed by atoms with Crippen LogP contribution in [-0.2, 0) is 9.84 Å². The molecule has 0 bridgehead atoms. The highest BCUT2D eigenvalue weighted by Gasteiger charge is 2.36. The number of nitrogens with two attached hydrogens (primary N) is 1. The molecule has 13 heteroatoms. The second kappa shape index (κ2) is 7.26. The lowest BCUT2D eigenvalue weighted by atomic mass is 10.2. The SMILES string of the molecule is Cc1nn(C2CCS(=O)(=O)C2)c(Cl)c1C1N=C(N)Nc2nc3cc4c(cc3n21)OCCCO4. The van der Waals surface area contributed by atoms with Crippen molar-refractivity contribution in [3.8, 4) is 11.5 Å². The molecule has 0 amide bonds. The van der Waals surface area contributed by atoms with Crippen molar-refractivity contribution in [2.45, 2.75) is 32.0 Å². The molecule has 3 aliphatic heterocycles. The molecule has 0 radical (unpaired) electrons. The molecule has 33 heavy (non-hydrogen) atoms. The molecule has 2 unspecified atom stereocenters. The van der Waals surface area contributed by atoms with E-state index in [0.29, 0.717) is 59.0 Å². The first-order valence-electron chi connectivity index (χ1n) is 10.7. The molecule has 0 saturated carbocycles. The van der Waals surface area contributed by atoms with E-state index in [0.717, 1.165) is 11.9 Å². The Bertz CT molecular complexity index is 1430. The Morgan fingerprint density at radius 3 is 2.73 bits per heavy atom. The van der Waals surface area contributed by atoms with Crippen molar-refractivity contribution >= 4 is 44.4 Å². The van der Waals surface area contributed by atoms with Crippen LogP contribution in [0.1, 0.15) is 36.3 Å². The fraction of sp³-hybridized carbons (Fsp3) is 0.450. The topological polar surface area (TPSA) is 139 Å². The number of aliphatic imine (C=N–C) groups is 1. The predicted octanol–water partition coefficient (Wildman–Crippen LogP) is 2.00. The van der Waals surface area contributed by atoms with E-state index in [2.05, 4.69) is 20.4 Å². The highest BCUT2D eigenvalue weighted by Crippen LogP contribution is 2.42. The summed E-state index contributed by atoms with van der Waals surface area (Å²) in [5, 5.41) is 7.95. The molecular weight excluding hydrogens is 470 g/mol. The monoisotopic (exact) mass is 491 g/mol. The summed E-state index contributed by atoms with van der Waals surface area (Å²) in [5.41, 5.74) is 8.86.